The molecule has 0 saturated heterocycles. The van der Waals surface area contributed by atoms with Crippen LogP contribution < -0.4 is 9.47 Å². The number of nitrogens with zero attached hydrogens (tertiary/aromatic N) is 2. The van der Waals surface area contributed by atoms with Crippen molar-refractivity contribution in [2.24, 2.45) is 0 Å². The van der Waals surface area contributed by atoms with Crippen LogP contribution in [0.2, 0.25) is 0 Å². The smallest absolute Gasteiger partial charge is 0.355 e. The summed E-state index contributed by atoms with van der Waals surface area (Å²) in [6, 6.07) is 1.77. The Hall–Kier alpha value is -1.76. The third-order valence-corrected chi connectivity index (χ3v) is 1.63. The Balaban J connectivity index is 2.59. The summed E-state index contributed by atoms with van der Waals surface area (Å²) in [6.07, 6.45) is 0. The van der Waals surface area contributed by atoms with Gasteiger partial charge in [0, 0.05) is 0 Å². The quantitative estimate of drug-likeness (QED) is 0.544. The van der Waals surface area contributed by atoms with Gasteiger partial charge >= 0.3 is 5.88 Å². The van der Waals surface area contributed by atoms with Gasteiger partial charge in [0.25, 0.3) is 5.82 Å². The molecule has 0 saturated carbocycles. The molecule has 12 heavy (non-hydrogen) atoms. The Morgan fingerprint density at radius 1 is 1.58 bits per heavy atom. The molecule has 1 aliphatic rings. The highest BCUT2D eigenvalue weighted by atomic mass is 16.7. The van der Waals surface area contributed by atoms with Crippen molar-refractivity contribution in [2.45, 2.75) is 6.92 Å². The van der Waals surface area contributed by atoms with Crippen LogP contribution in [0.4, 0.5) is 5.82 Å². The van der Waals surface area contributed by atoms with Crippen LogP contribution in [0, 0.1) is 13.5 Å². The van der Waals surface area contributed by atoms with Crippen LogP contribution in [0.1, 0.15) is 5.56 Å². The number of pyridine rings is 1. The molecule has 2 heterocycles. The largest absolute Gasteiger partial charge is 0.449 e. The highest BCUT2D eigenvalue weighted by Crippen LogP contribution is 2.34. The maximum atomic E-state index is 6.81. The van der Waals surface area contributed by atoms with Gasteiger partial charge in [-0.05, 0) is 18.6 Å². The standard InChI is InChI=1S/C8H6N2O2/c1-5-3-6-8(12-4-11-6)10-7(5)9-2/h3H,4H2,1H3. The van der Waals surface area contributed by atoms with Gasteiger partial charge in [0.05, 0.1) is 0 Å². The molecule has 0 unspecified atom stereocenters. The van der Waals surface area contributed by atoms with Gasteiger partial charge in [0.1, 0.15) is 0 Å². The molecule has 0 bridgehead atoms. The highest BCUT2D eigenvalue weighted by Gasteiger charge is 2.20. The number of aromatic nitrogens is 1. The molecule has 0 amide bonds. The number of aryl methyl sites for hydroxylation is 1. The van der Waals surface area contributed by atoms with E-state index in [0.29, 0.717) is 17.4 Å². The van der Waals surface area contributed by atoms with Crippen LogP contribution in [0.3, 0.4) is 0 Å². The first-order chi connectivity index (χ1) is 5.81. The van der Waals surface area contributed by atoms with Crippen LogP contribution in [0.25, 0.3) is 4.85 Å². The van der Waals surface area contributed by atoms with E-state index >= 15 is 0 Å². The lowest BCUT2D eigenvalue weighted by molar-refractivity contribution is 0.171. The van der Waals surface area contributed by atoms with Gasteiger partial charge in [-0.1, -0.05) is 11.6 Å². The molecule has 2 rings (SSSR count). The summed E-state index contributed by atoms with van der Waals surface area (Å²) in [4.78, 5) is 7.22. The molecule has 0 fully saturated rings. The van der Waals surface area contributed by atoms with E-state index in [4.69, 9.17) is 16.0 Å². The summed E-state index contributed by atoms with van der Waals surface area (Å²) in [5, 5.41) is 0. The van der Waals surface area contributed by atoms with E-state index in [-0.39, 0.29) is 6.79 Å². The molecule has 0 aliphatic carbocycles. The zero-order valence-electron chi connectivity index (χ0n) is 6.50. The predicted molar refractivity (Wildman–Crippen MR) is 41.4 cm³/mol. The summed E-state index contributed by atoms with van der Waals surface area (Å²) in [7, 11) is 0. The lowest BCUT2D eigenvalue weighted by Crippen LogP contribution is -1.93. The summed E-state index contributed by atoms with van der Waals surface area (Å²) in [5.74, 6) is 1.42. The number of fused-ring (bicyclic) bond motifs is 1. The van der Waals surface area contributed by atoms with Crippen molar-refractivity contribution in [3.05, 3.63) is 23.0 Å². The van der Waals surface area contributed by atoms with E-state index in [1.807, 2.05) is 6.92 Å². The van der Waals surface area contributed by atoms with E-state index < -0.39 is 0 Å². The van der Waals surface area contributed by atoms with Gasteiger partial charge in [0.2, 0.25) is 12.5 Å². The monoisotopic (exact) mass is 162 g/mol. The van der Waals surface area contributed by atoms with Crippen molar-refractivity contribution < 1.29 is 9.47 Å². The fourth-order valence-corrected chi connectivity index (χ4v) is 1.03. The molecule has 0 N–H and O–H groups in total. The maximum Gasteiger partial charge on any atom is 0.355 e. The first-order valence-electron chi connectivity index (χ1n) is 3.46. The van der Waals surface area contributed by atoms with Crippen molar-refractivity contribution >= 4 is 5.82 Å². The average molecular weight is 162 g/mol. The zero-order valence-corrected chi connectivity index (χ0v) is 6.50. The number of hydrogen-bond donors (Lipinski definition) is 0. The van der Waals surface area contributed by atoms with E-state index in [2.05, 4.69) is 9.83 Å². The van der Waals surface area contributed by atoms with Gasteiger partial charge in [-0.25, -0.2) is 0 Å². The fourth-order valence-electron chi connectivity index (χ4n) is 1.03. The Bertz CT molecular complexity index is 367. The van der Waals surface area contributed by atoms with Crippen molar-refractivity contribution in [3.8, 4) is 11.6 Å². The molecule has 0 atom stereocenters. The Morgan fingerprint density at radius 3 is 3.17 bits per heavy atom. The average Bonchev–Trinajstić information content (AvgIpc) is 2.49. The lowest BCUT2D eigenvalue weighted by atomic mass is 10.3. The molecule has 1 aromatic heterocycles. The molecule has 0 aromatic carbocycles. The molecule has 1 aliphatic heterocycles. The van der Waals surface area contributed by atoms with Crippen LogP contribution in [-0.4, -0.2) is 11.8 Å². The van der Waals surface area contributed by atoms with Crippen molar-refractivity contribution in [3.63, 3.8) is 0 Å². The maximum absolute atomic E-state index is 6.81. The molecule has 4 nitrogen and oxygen atoms in total. The second-order valence-electron chi connectivity index (χ2n) is 2.45. The number of ether oxygens (including phenoxy) is 2. The Morgan fingerprint density at radius 2 is 2.42 bits per heavy atom. The number of rotatable bonds is 0. The van der Waals surface area contributed by atoms with E-state index in [9.17, 15) is 0 Å². The third-order valence-electron chi connectivity index (χ3n) is 1.63. The van der Waals surface area contributed by atoms with Crippen LogP contribution in [0.15, 0.2) is 6.07 Å². The topological polar surface area (TPSA) is 35.7 Å². The van der Waals surface area contributed by atoms with Gasteiger partial charge in [0.15, 0.2) is 0 Å². The summed E-state index contributed by atoms with van der Waals surface area (Å²) in [5.41, 5.74) is 0.814. The minimum Gasteiger partial charge on any atom is -0.449 e. The molecule has 0 spiro atoms. The third kappa shape index (κ3) is 0.873. The first-order valence-corrected chi connectivity index (χ1v) is 3.46. The van der Waals surface area contributed by atoms with Gasteiger partial charge < -0.3 is 14.3 Å². The van der Waals surface area contributed by atoms with Gasteiger partial charge in [-0.15, -0.1) is 0 Å². The summed E-state index contributed by atoms with van der Waals surface area (Å²) in [6.45, 7) is 8.83. The molecule has 60 valence electrons. The number of hydrogen-bond acceptors (Lipinski definition) is 3. The summed E-state index contributed by atoms with van der Waals surface area (Å²) < 4.78 is 10.1. The van der Waals surface area contributed by atoms with Crippen LogP contribution in [0.5, 0.6) is 11.6 Å². The molecular weight excluding hydrogens is 156 g/mol. The van der Waals surface area contributed by atoms with Crippen molar-refractivity contribution in [1.29, 1.82) is 0 Å². The molecule has 0 radical (unpaired) electrons. The Labute approximate surface area is 69.6 Å². The fraction of sp³-hybridized carbons (Fsp3) is 0.250. The second kappa shape index (κ2) is 2.38. The van der Waals surface area contributed by atoms with E-state index in [1.165, 1.54) is 0 Å². The first kappa shape index (κ1) is 6.92. The molecular formula is C8H6N2O2. The lowest BCUT2D eigenvalue weighted by Gasteiger charge is -1.95. The van der Waals surface area contributed by atoms with E-state index in [0.717, 1.165) is 5.56 Å². The van der Waals surface area contributed by atoms with Gasteiger partial charge in [-0.3, -0.25) is 0 Å². The Kier molecular flexibility index (Phi) is 1.37. The van der Waals surface area contributed by atoms with Crippen molar-refractivity contribution in [2.75, 3.05) is 6.79 Å². The molecule has 1 aromatic rings. The second-order valence-corrected chi connectivity index (χ2v) is 2.45. The van der Waals surface area contributed by atoms with Crippen LogP contribution >= 0.6 is 0 Å². The minimum absolute atomic E-state index is 0.198. The SMILES string of the molecule is [C-]#[N+]c1nc2c(cc1C)OCO2. The summed E-state index contributed by atoms with van der Waals surface area (Å²) >= 11 is 0. The normalized spacial score (nSPS) is 12.7. The van der Waals surface area contributed by atoms with E-state index in [1.54, 1.807) is 6.07 Å². The van der Waals surface area contributed by atoms with Crippen LogP contribution in [-0.2, 0) is 0 Å². The van der Waals surface area contributed by atoms with Crippen molar-refractivity contribution in [1.82, 2.24) is 4.98 Å². The molecule has 4 heteroatoms. The zero-order chi connectivity index (χ0) is 8.55. The highest BCUT2D eigenvalue weighted by molar-refractivity contribution is 5.52. The predicted octanol–water partition coefficient (Wildman–Crippen LogP) is 1.67. The minimum atomic E-state index is 0.198. The van der Waals surface area contributed by atoms with Gasteiger partial charge in [-0.2, -0.15) is 0 Å².